The fraction of sp³-hybridized carbons (Fsp3) is 0.846. The van der Waals surface area contributed by atoms with Gasteiger partial charge in [-0.25, -0.2) is 0 Å². The Morgan fingerprint density at radius 2 is 2.20 bits per heavy atom. The lowest BCUT2D eigenvalue weighted by Gasteiger charge is -2.33. The molecule has 0 saturated carbocycles. The van der Waals surface area contributed by atoms with Crippen LogP contribution in [-0.2, 0) is 15.1 Å². The van der Waals surface area contributed by atoms with Gasteiger partial charge in [0.2, 0.25) is 11.7 Å². The van der Waals surface area contributed by atoms with Crippen LogP contribution in [0.2, 0.25) is 0 Å². The van der Waals surface area contributed by atoms with Gasteiger partial charge in [-0.3, -0.25) is 0 Å². The maximum absolute atomic E-state index is 6.09. The molecule has 2 aliphatic rings. The summed E-state index contributed by atoms with van der Waals surface area (Å²) in [6.07, 6.45) is 1.54. The molecular formula is C13H21N3O3S. The number of ether oxygens (including phenoxy) is 2. The highest BCUT2D eigenvalue weighted by Gasteiger charge is 2.41. The maximum Gasteiger partial charge on any atom is 0.232 e. The first-order valence-electron chi connectivity index (χ1n) is 7.14. The van der Waals surface area contributed by atoms with Crippen LogP contribution in [0.3, 0.4) is 0 Å². The first kappa shape index (κ1) is 14.3. The predicted molar refractivity (Wildman–Crippen MR) is 75.7 cm³/mol. The van der Waals surface area contributed by atoms with E-state index >= 15 is 0 Å². The summed E-state index contributed by atoms with van der Waals surface area (Å²) in [5, 5.41) is 4.18. The highest BCUT2D eigenvalue weighted by Crippen LogP contribution is 2.36. The summed E-state index contributed by atoms with van der Waals surface area (Å²) in [5.41, 5.74) is 5.64. The van der Waals surface area contributed by atoms with Crippen LogP contribution in [0.4, 0.5) is 0 Å². The third-order valence-electron chi connectivity index (χ3n) is 4.01. The van der Waals surface area contributed by atoms with Gasteiger partial charge in [0.1, 0.15) is 5.60 Å². The molecule has 2 unspecified atom stereocenters. The van der Waals surface area contributed by atoms with E-state index in [2.05, 4.69) is 10.1 Å². The zero-order chi connectivity index (χ0) is 14.0. The average Bonchev–Trinajstić information content (AvgIpc) is 3.08. The highest BCUT2D eigenvalue weighted by atomic mass is 32.2. The molecule has 20 heavy (non-hydrogen) atoms. The lowest BCUT2D eigenvalue weighted by Crippen LogP contribution is -2.37. The topological polar surface area (TPSA) is 83.4 Å². The van der Waals surface area contributed by atoms with Crippen molar-refractivity contribution in [2.75, 3.05) is 31.3 Å². The van der Waals surface area contributed by atoms with Crippen LogP contribution in [-0.4, -0.2) is 47.5 Å². The van der Waals surface area contributed by atoms with Crippen molar-refractivity contribution in [3.8, 4) is 0 Å². The van der Waals surface area contributed by atoms with Gasteiger partial charge >= 0.3 is 0 Å². The number of aromatic nitrogens is 2. The molecule has 1 aromatic rings. The molecule has 112 valence electrons. The molecule has 2 saturated heterocycles. The molecule has 3 heterocycles. The zero-order valence-corrected chi connectivity index (χ0v) is 12.5. The monoisotopic (exact) mass is 299 g/mol. The molecule has 0 spiro atoms. The Kier molecular flexibility index (Phi) is 4.30. The molecule has 0 bridgehead atoms. The third kappa shape index (κ3) is 2.59. The molecule has 0 aliphatic carbocycles. The van der Waals surface area contributed by atoms with Gasteiger partial charge in [-0.1, -0.05) is 5.16 Å². The van der Waals surface area contributed by atoms with E-state index in [0.717, 1.165) is 24.3 Å². The van der Waals surface area contributed by atoms with Crippen molar-refractivity contribution < 1.29 is 14.0 Å². The summed E-state index contributed by atoms with van der Waals surface area (Å²) in [6.45, 7) is 3.95. The minimum Gasteiger partial charge on any atom is -0.381 e. The standard InChI is InChI=1S/C13H21N3O3S/c1-2-18-13(3-5-17-6-4-13)12-15-11(19-16-12)9-7-20-8-10(9)14/h9-10H,2-8,14H2,1H3. The van der Waals surface area contributed by atoms with E-state index in [0.29, 0.717) is 31.5 Å². The molecule has 0 amide bonds. The second kappa shape index (κ2) is 6.01. The van der Waals surface area contributed by atoms with Crippen molar-refractivity contribution in [1.82, 2.24) is 10.1 Å². The molecule has 0 radical (unpaired) electrons. The average molecular weight is 299 g/mol. The first-order valence-corrected chi connectivity index (χ1v) is 8.30. The number of nitrogens with zero attached hydrogens (tertiary/aromatic N) is 2. The van der Waals surface area contributed by atoms with E-state index in [9.17, 15) is 0 Å². The molecular weight excluding hydrogens is 278 g/mol. The Morgan fingerprint density at radius 3 is 2.85 bits per heavy atom. The molecule has 2 N–H and O–H groups in total. The normalized spacial score (nSPS) is 29.7. The van der Waals surface area contributed by atoms with Crippen LogP contribution in [0.15, 0.2) is 4.52 Å². The minimum atomic E-state index is -0.454. The quantitative estimate of drug-likeness (QED) is 0.896. The number of thioether (sulfide) groups is 1. The van der Waals surface area contributed by atoms with Crippen LogP contribution < -0.4 is 5.73 Å². The molecule has 6 nitrogen and oxygen atoms in total. The molecule has 1 aromatic heterocycles. The molecule has 0 aromatic carbocycles. The smallest absolute Gasteiger partial charge is 0.232 e. The van der Waals surface area contributed by atoms with Crippen molar-refractivity contribution >= 4 is 11.8 Å². The van der Waals surface area contributed by atoms with Crippen LogP contribution in [0.1, 0.15) is 37.4 Å². The summed E-state index contributed by atoms with van der Waals surface area (Å²) in [7, 11) is 0. The molecule has 2 atom stereocenters. The third-order valence-corrected chi connectivity index (χ3v) is 5.23. The summed E-state index contributed by atoms with van der Waals surface area (Å²) < 4.78 is 16.9. The van der Waals surface area contributed by atoms with Crippen LogP contribution in [0, 0.1) is 0 Å². The van der Waals surface area contributed by atoms with E-state index in [-0.39, 0.29) is 12.0 Å². The van der Waals surface area contributed by atoms with Gasteiger partial charge in [0.15, 0.2) is 0 Å². The lowest BCUT2D eigenvalue weighted by atomic mass is 9.93. The Labute approximate surface area is 122 Å². The van der Waals surface area contributed by atoms with Crippen molar-refractivity contribution in [2.45, 2.75) is 37.3 Å². The molecule has 7 heteroatoms. The largest absolute Gasteiger partial charge is 0.381 e. The van der Waals surface area contributed by atoms with E-state index in [1.807, 2.05) is 18.7 Å². The zero-order valence-electron chi connectivity index (χ0n) is 11.7. The summed E-state index contributed by atoms with van der Waals surface area (Å²) in [5.74, 6) is 3.38. The number of nitrogens with two attached hydrogens (primary N) is 1. The molecule has 3 rings (SSSR count). The fourth-order valence-electron chi connectivity index (χ4n) is 2.81. The Bertz CT molecular complexity index is 442. The van der Waals surface area contributed by atoms with Crippen LogP contribution >= 0.6 is 11.8 Å². The fourth-order valence-corrected chi connectivity index (χ4v) is 4.09. The van der Waals surface area contributed by atoms with Crippen LogP contribution in [0.5, 0.6) is 0 Å². The number of hydrogen-bond donors (Lipinski definition) is 1. The predicted octanol–water partition coefficient (Wildman–Crippen LogP) is 1.27. The van der Waals surface area contributed by atoms with Gasteiger partial charge in [0, 0.05) is 50.2 Å². The van der Waals surface area contributed by atoms with E-state index < -0.39 is 5.60 Å². The molecule has 2 fully saturated rings. The maximum atomic E-state index is 6.09. The Hall–Kier alpha value is -0.630. The Morgan fingerprint density at radius 1 is 1.40 bits per heavy atom. The Balaban J connectivity index is 1.83. The van der Waals surface area contributed by atoms with E-state index in [4.69, 9.17) is 19.7 Å². The number of hydrogen-bond acceptors (Lipinski definition) is 7. The van der Waals surface area contributed by atoms with Crippen molar-refractivity contribution in [1.29, 1.82) is 0 Å². The SMILES string of the molecule is CCOC1(c2noc(C3CSCC3N)n2)CCOCC1. The first-order chi connectivity index (χ1) is 9.75. The lowest BCUT2D eigenvalue weighted by molar-refractivity contribution is -0.118. The van der Waals surface area contributed by atoms with Gasteiger partial charge in [-0.2, -0.15) is 16.7 Å². The summed E-state index contributed by atoms with van der Waals surface area (Å²) in [6, 6.07) is 0.103. The van der Waals surface area contributed by atoms with Crippen molar-refractivity contribution in [3.05, 3.63) is 11.7 Å². The van der Waals surface area contributed by atoms with Gasteiger partial charge in [-0.15, -0.1) is 0 Å². The summed E-state index contributed by atoms with van der Waals surface area (Å²) >= 11 is 1.84. The van der Waals surface area contributed by atoms with E-state index in [1.165, 1.54) is 0 Å². The van der Waals surface area contributed by atoms with E-state index in [1.54, 1.807) is 0 Å². The minimum absolute atomic E-state index is 0.103. The summed E-state index contributed by atoms with van der Waals surface area (Å²) in [4.78, 5) is 4.61. The van der Waals surface area contributed by atoms with Gasteiger partial charge in [0.25, 0.3) is 0 Å². The highest BCUT2D eigenvalue weighted by molar-refractivity contribution is 7.99. The van der Waals surface area contributed by atoms with Gasteiger partial charge in [0.05, 0.1) is 5.92 Å². The van der Waals surface area contributed by atoms with Crippen molar-refractivity contribution in [3.63, 3.8) is 0 Å². The second-order valence-electron chi connectivity index (χ2n) is 5.30. The van der Waals surface area contributed by atoms with Crippen molar-refractivity contribution in [2.24, 2.45) is 5.73 Å². The van der Waals surface area contributed by atoms with Gasteiger partial charge in [-0.05, 0) is 6.92 Å². The molecule has 2 aliphatic heterocycles. The van der Waals surface area contributed by atoms with Crippen LogP contribution in [0.25, 0.3) is 0 Å². The second-order valence-corrected chi connectivity index (χ2v) is 6.38. The number of rotatable bonds is 4. The van der Waals surface area contributed by atoms with Gasteiger partial charge < -0.3 is 19.7 Å².